The fourth-order valence-corrected chi connectivity index (χ4v) is 0.966. The van der Waals surface area contributed by atoms with E-state index in [0.717, 1.165) is 5.69 Å². The summed E-state index contributed by atoms with van der Waals surface area (Å²) in [5.41, 5.74) is 0.774. The smallest absolute Gasteiger partial charge is 0.325 e. The second-order valence-electron chi connectivity index (χ2n) is 2.71. The number of nitrogens with one attached hydrogen (secondary N) is 1. The molecule has 1 rings (SSSR count). The highest BCUT2D eigenvalue weighted by atomic mass is 35.5. The van der Waals surface area contributed by atoms with Crippen molar-refractivity contribution in [1.82, 2.24) is 0 Å². The molecular formula is C10H14ClNO3. The number of rotatable bonds is 4. The van der Waals surface area contributed by atoms with Gasteiger partial charge in [0.2, 0.25) is 0 Å². The molecule has 1 aromatic carbocycles. The van der Waals surface area contributed by atoms with Crippen molar-refractivity contribution in [2.24, 2.45) is 0 Å². The Labute approximate surface area is 94.7 Å². The van der Waals surface area contributed by atoms with Gasteiger partial charge in [-0.1, -0.05) is 0 Å². The van der Waals surface area contributed by atoms with Crippen molar-refractivity contribution < 1.29 is 14.6 Å². The molecule has 0 amide bonds. The van der Waals surface area contributed by atoms with Crippen LogP contribution in [0.2, 0.25) is 0 Å². The Bertz CT molecular complexity index is 300. The van der Waals surface area contributed by atoms with Gasteiger partial charge in [-0.15, -0.1) is 12.4 Å². The summed E-state index contributed by atoms with van der Waals surface area (Å²) >= 11 is 0. The standard InChI is InChI=1S/C10H13NO3.ClH/c1-2-14-10(13)7-11-8-3-5-9(12)6-4-8;/h3-6,11-12H,2,7H2,1H3;1H. The topological polar surface area (TPSA) is 58.6 Å². The van der Waals surface area contributed by atoms with E-state index in [9.17, 15) is 4.79 Å². The summed E-state index contributed by atoms with van der Waals surface area (Å²) < 4.78 is 4.74. The lowest BCUT2D eigenvalue weighted by Crippen LogP contribution is -2.16. The minimum atomic E-state index is -0.291. The Hall–Kier alpha value is -1.42. The zero-order valence-electron chi connectivity index (χ0n) is 8.40. The van der Waals surface area contributed by atoms with Crippen molar-refractivity contribution in [1.29, 1.82) is 0 Å². The number of hydrogen-bond acceptors (Lipinski definition) is 4. The van der Waals surface area contributed by atoms with E-state index < -0.39 is 0 Å². The third-order valence-electron chi connectivity index (χ3n) is 1.61. The number of anilines is 1. The SMILES string of the molecule is CCOC(=O)CNc1ccc(O)cc1.Cl. The molecule has 0 saturated carbocycles. The number of hydrogen-bond donors (Lipinski definition) is 2. The van der Waals surface area contributed by atoms with E-state index in [1.165, 1.54) is 0 Å². The molecule has 0 radical (unpaired) electrons. The van der Waals surface area contributed by atoms with E-state index >= 15 is 0 Å². The normalized spacial score (nSPS) is 8.87. The van der Waals surface area contributed by atoms with Gasteiger partial charge in [0.05, 0.1) is 6.61 Å². The molecule has 1 aromatic rings. The van der Waals surface area contributed by atoms with Crippen LogP contribution in [0.3, 0.4) is 0 Å². The van der Waals surface area contributed by atoms with Gasteiger partial charge in [0, 0.05) is 5.69 Å². The van der Waals surface area contributed by atoms with E-state index in [1.54, 1.807) is 31.2 Å². The molecular weight excluding hydrogens is 218 g/mol. The minimum Gasteiger partial charge on any atom is -0.508 e. The lowest BCUT2D eigenvalue weighted by molar-refractivity contribution is -0.140. The molecule has 4 nitrogen and oxygen atoms in total. The van der Waals surface area contributed by atoms with Crippen LogP contribution in [0.15, 0.2) is 24.3 Å². The number of phenols is 1. The molecule has 5 heteroatoms. The van der Waals surface area contributed by atoms with E-state index in [4.69, 9.17) is 9.84 Å². The van der Waals surface area contributed by atoms with Crippen molar-refractivity contribution in [2.45, 2.75) is 6.92 Å². The fraction of sp³-hybridized carbons (Fsp3) is 0.300. The number of carbonyl (C=O) groups excluding carboxylic acids is 1. The van der Waals surface area contributed by atoms with Crippen LogP contribution in [0, 0.1) is 0 Å². The molecule has 84 valence electrons. The largest absolute Gasteiger partial charge is 0.508 e. The van der Waals surface area contributed by atoms with Crippen LogP contribution in [0.1, 0.15) is 6.92 Å². The number of aromatic hydroxyl groups is 1. The zero-order chi connectivity index (χ0) is 10.4. The van der Waals surface area contributed by atoms with Gasteiger partial charge in [0.1, 0.15) is 12.3 Å². The number of benzene rings is 1. The molecule has 0 fully saturated rings. The predicted molar refractivity (Wildman–Crippen MR) is 60.5 cm³/mol. The average molecular weight is 232 g/mol. The third kappa shape index (κ3) is 5.12. The average Bonchev–Trinajstić information content (AvgIpc) is 2.17. The molecule has 0 aliphatic carbocycles. The fourth-order valence-electron chi connectivity index (χ4n) is 0.966. The van der Waals surface area contributed by atoms with Gasteiger partial charge in [-0.05, 0) is 31.2 Å². The number of esters is 1. The van der Waals surface area contributed by atoms with Crippen molar-refractivity contribution >= 4 is 24.1 Å². The number of halogens is 1. The third-order valence-corrected chi connectivity index (χ3v) is 1.61. The maximum atomic E-state index is 10.9. The summed E-state index contributed by atoms with van der Waals surface area (Å²) in [5.74, 6) is -0.0905. The maximum absolute atomic E-state index is 10.9. The van der Waals surface area contributed by atoms with Gasteiger partial charge in [-0.3, -0.25) is 4.79 Å². The Morgan fingerprint density at radius 3 is 2.53 bits per heavy atom. The zero-order valence-corrected chi connectivity index (χ0v) is 9.21. The van der Waals surface area contributed by atoms with Crippen molar-refractivity contribution in [2.75, 3.05) is 18.5 Å². The number of phenolic OH excluding ortho intramolecular Hbond substituents is 1. The molecule has 2 N–H and O–H groups in total. The predicted octanol–water partition coefficient (Wildman–Crippen LogP) is 1.79. The number of ether oxygens (including phenoxy) is 1. The Morgan fingerprint density at radius 2 is 2.00 bits per heavy atom. The van der Waals surface area contributed by atoms with Crippen LogP contribution in [0.5, 0.6) is 5.75 Å². The van der Waals surface area contributed by atoms with Crippen LogP contribution < -0.4 is 5.32 Å². The highest BCUT2D eigenvalue weighted by Gasteiger charge is 2.00. The van der Waals surface area contributed by atoms with Crippen LogP contribution >= 0.6 is 12.4 Å². The Balaban J connectivity index is 0.00000196. The van der Waals surface area contributed by atoms with Crippen LogP contribution in [-0.4, -0.2) is 24.2 Å². The number of carbonyl (C=O) groups is 1. The van der Waals surface area contributed by atoms with Crippen LogP contribution in [0.25, 0.3) is 0 Å². The minimum absolute atomic E-state index is 0. The first-order valence-corrected chi connectivity index (χ1v) is 4.41. The van der Waals surface area contributed by atoms with Crippen molar-refractivity contribution in [3.05, 3.63) is 24.3 Å². The van der Waals surface area contributed by atoms with Gasteiger partial charge >= 0.3 is 5.97 Å². The highest BCUT2D eigenvalue weighted by Crippen LogP contribution is 2.13. The summed E-state index contributed by atoms with van der Waals surface area (Å²) in [6.45, 7) is 2.28. The molecule has 0 bridgehead atoms. The molecule has 0 aliphatic rings. The van der Waals surface area contributed by atoms with Crippen LogP contribution in [-0.2, 0) is 9.53 Å². The lowest BCUT2D eigenvalue weighted by Gasteiger charge is -2.05. The summed E-state index contributed by atoms with van der Waals surface area (Å²) in [5, 5.41) is 11.9. The molecule has 0 spiro atoms. The quantitative estimate of drug-likeness (QED) is 0.613. The molecule has 0 saturated heterocycles. The van der Waals surface area contributed by atoms with E-state index in [1.807, 2.05) is 0 Å². The summed E-state index contributed by atoms with van der Waals surface area (Å²) in [6.07, 6.45) is 0. The van der Waals surface area contributed by atoms with Crippen molar-refractivity contribution in [3.8, 4) is 5.75 Å². The van der Waals surface area contributed by atoms with Gasteiger partial charge in [-0.25, -0.2) is 0 Å². The van der Waals surface area contributed by atoms with Gasteiger partial charge in [0.25, 0.3) is 0 Å². The van der Waals surface area contributed by atoms with Gasteiger partial charge in [0.15, 0.2) is 0 Å². The Morgan fingerprint density at radius 1 is 1.40 bits per heavy atom. The first-order chi connectivity index (χ1) is 6.72. The van der Waals surface area contributed by atoms with Crippen molar-refractivity contribution in [3.63, 3.8) is 0 Å². The summed E-state index contributed by atoms with van der Waals surface area (Å²) in [4.78, 5) is 10.9. The molecule has 15 heavy (non-hydrogen) atoms. The Kier molecular flexibility index (Phi) is 6.29. The second-order valence-corrected chi connectivity index (χ2v) is 2.71. The lowest BCUT2D eigenvalue weighted by atomic mass is 10.3. The van der Waals surface area contributed by atoms with Gasteiger partial charge < -0.3 is 15.2 Å². The summed E-state index contributed by atoms with van der Waals surface area (Å²) in [6, 6.07) is 6.48. The maximum Gasteiger partial charge on any atom is 0.325 e. The monoisotopic (exact) mass is 231 g/mol. The second kappa shape index (κ2) is 6.95. The molecule has 0 heterocycles. The van der Waals surface area contributed by atoms with E-state index in [2.05, 4.69) is 5.32 Å². The summed E-state index contributed by atoms with van der Waals surface area (Å²) in [7, 11) is 0. The molecule has 0 atom stereocenters. The van der Waals surface area contributed by atoms with E-state index in [-0.39, 0.29) is 30.7 Å². The van der Waals surface area contributed by atoms with Gasteiger partial charge in [-0.2, -0.15) is 0 Å². The first kappa shape index (κ1) is 13.6. The molecule has 0 aliphatic heterocycles. The van der Waals surface area contributed by atoms with Crippen LogP contribution in [0.4, 0.5) is 5.69 Å². The highest BCUT2D eigenvalue weighted by molar-refractivity contribution is 5.85. The first-order valence-electron chi connectivity index (χ1n) is 4.41. The van der Waals surface area contributed by atoms with E-state index in [0.29, 0.717) is 6.61 Å². The molecule has 0 unspecified atom stereocenters. The molecule has 0 aromatic heterocycles.